The quantitative estimate of drug-likeness (QED) is 0.145. The van der Waals surface area contributed by atoms with E-state index >= 15 is 0 Å². The van der Waals surface area contributed by atoms with Crippen LogP contribution in [-0.2, 0) is 0 Å². The largest absolute Gasteiger partial charge is 0.393 e. The van der Waals surface area contributed by atoms with Gasteiger partial charge in [0.2, 0.25) is 0 Å². The molecule has 0 radical (unpaired) electrons. The van der Waals surface area contributed by atoms with E-state index in [0.717, 1.165) is 30.4 Å². The molecule has 48 heavy (non-hydrogen) atoms. The van der Waals surface area contributed by atoms with Crippen LogP contribution in [0.15, 0.2) is 142 Å². The van der Waals surface area contributed by atoms with Crippen LogP contribution < -0.4 is 0 Å². The molecular weight excluding hydrogens is 588 g/mol. The van der Waals surface area contributed by atoms with Gasteiger partial charge in [-0.3, -0.25) is 0 Å². The van der Waals surface area contributed by atoms with Gasteiger partial charge in [-0.15, -0.1) is 0 Å². The normalized spacial score (nSPS) is 20.7. The first kappa shape index (κ1) is 42.8. The molecule has 0 saturated carbocycles. The average Bonchev–Trinajstić information content (AvgIpc) is 2.93. The third-order valence-electron chi connectivity index (χ3n) is 8.54. The number of hydrogen-bond acceptors (Lipinski definition) is 3. The van der Waals surface area contributed by atoms with Gasteiger partial charge >= 0.3 is 0 Å². The molecule has 3 N–H and O–H groups in total. The van der Waals surface area contributed by atoms with Gasteiger partial charge in [0.25, 0.3) is 0 Å². The minimum absolute atomic E-state index is 0.00334. The molecule has 0 heterocycles. The summed E-state index contributed by atoms with van der Waals surface area (Å²) in [6.07, 6.45) is 38.3. The molecule has 0 bridgehead atoms. The highest BCUT2D eigenvalue weighted by Gasteiger charge is 2.31. The van der Waals surface area contributed by atoms with E-state index in [1.165, 1.54) is 27.9 Å². The molecule has 0 aromatic rings. The summed E-state index contributed by atoms with van der Waals surface area (Å²) in [5, 5.41) is 30.7. The fourth-order valence-corrected chi connectivity index (χ4v) is 5.60. The topological polar surface area (TPSA) is 60.7 Å². The highest BCUT2D eigenvalue weighted by atomic mass is 16.3. The average molecular weight is 655 g/mol. The Balaban J connectivity index is 2.67. The van der Waals surface area contributed by atoms with Crippen LogP contribution in [0.1, 0.15) is 109 Å². The summed E-state index contributed by atoms with van der Waals surface area (Å²) in [6, 6.07) is 0. The fraction of sp³-hybridized carbons (Fsp3) is 0.467. The molecule has 0 amide bonds. The highest BCUT2D eigenvalue weighted by molar-refractivity contribution is 5.38. The van der Waals surface area contributed by atoms with Crippen LogP contribution in [0.25, 0.3) is 0 Å². The molecule has 2 unspecified atom stereocenters. The van der Waals surface area contributed by atoms with Gasteiger partial charge in [0.1, 0.15) is 0 Å². The first-order chi connectivity index (χ1) is 22.2. The van der Waals surface area contributed by atoms with Gasteiger partial charge in [0, 0.05) is 5.92 Å². The second-order valence-corrected chi connectivity index (χ2v) is 15.5. The van der Waals surface area contributed by atoms with Gasteiger partial charge in [-0.25, -0.2) is 0 Å². The Morgan fingerprint density at radius 3 is 1.54 bits per heavy atom. The molecular formula is C45H66O3. The van der Waals surface area contributed by atoms with Crippen molar-refractivity contribution in [2.75, 3.05) is 0 Å². The predicted molar refractivity (Wildman–Crippen MR) is 211 cm³/mol. The van der Waals surface area contributed by atoms with Crippen LogP contribution in [0.2, 0.25) is 0 Å². The van der Waals surface area contributed by atoms with Crippen molar-refractivity contribution in [3.8, 4) is 0 Å². The van der Waals surface area contributed by atoms with E-state index in [1.807, 2.05) is 26.0 Å². The van der Waals surface area contributed by atoms with Crippen molar-refractivity contribution in [2.45, 2.75) is 126 Å². The summed E-state index contributed by atoms with van der Waals surface area (Å²) in [7, 11) is 0. The maximum Gasteiger partial charge on any atom is 0.0654 e. The molecule has 1 aliphatic rings. The first-order valence-electron chi connectivity index (χ1n) is 17.5. The van der Waals surface area contributed by atoms with E-state index in [-0.39, 0.29) is 17.4 Å². The SMILES string of the molecule is CC(C=CC=C(C)C=CC=C(C)C=CC(CCC(C)(C)O)C(C)(C)O)=CC=CC=C(C)C=CC=C(C)C=CC1=C(C)CC(O)CC1(C)C. The first-order valence-corrected chi connectivity index (χ1v) is 17.5. The van der Waals surface area contributed by atoms with Crippen molar-refractivity contribution in [3.63, 3.8) is 0 Å². The third-order valence-corrected chi connectivity index (χ3v) is 8.54. The van der Waals surface area contributed by atoms with Crippen molar-refractivity contribution in [2.24, 2.45) is 11.3 Å². The van der Waals surface area contributed by atoms with E-state index in [0.29, 0.717) is 6.42 Å². The van der Waals surface area contributed by atoms with Gasteiger partial charge in [-0.05, 0) is 106 Å². The Kier molecular flexibility index (Phi) is 18.1. The van der Waals surface area contributed by atoms with E-state index in [2.05, 4.69) is 147 Å². The van der Waals surface area contributed by atoms with Crippen molar-refractivity contribution in [3.05, 3.63) is 142 Å². The summed E-state index contributed by atoms with van der Waals surface area (Å²) in [4.78, 5) is 0. The van der Waals surface area contributed by atoms with E-state index in [1.54, 1.807) is 13.8 Å². The molecule has 264 valence electrons. The Hall–Kier alpha value is -3.24. The molecule has 3 heteroatoms. The van der Waals surface area contributed by atoms with Crippen LogP contribution in [0.3, 0.4) is 0 Å². The third kappa shape index (κ3) is 18.9. The summed E-state index contributed by atoms with van der Waals surface area (Å²) < 4.78 is 0. The van der Waals surface area contributed by atoms with Crippen LogP contribution in [0.4, 0.5) is 0 Å². The van der Waals surface area contributed by atoms with Crippen LogP contribution >= 0.6 is 0 Å². The lowest BCUT2D eigenvalue weighted by Crippen LogP contribution is -2.31. The number of aliphatic hydroxyl groups excluding tert-OH is 1. The number of aliphatic hydroxyl groups is 3. The van der Waals surface area contributed by atoms with Crippen LogP contribution in [0, 0.1) is 11.3 Å². The molecule has 0 aromatic heterocycles. The van der Waals surface area contributed by atoms with Crippen molar-refractivity contribution in [1.82, 2.24) is 0 Å². The van der Waals surface area contributed by atoms with Crippen molar-refractivity contribution in [1.29, 1.82) is 0 Å². The second-order valence-electron chi connectivity index (χ2n) is 15.5. The highest BCUT2D eigenvalue weighted by Crippen LogP contribution is 2.41. The fourth-order valence-electron chi connectivity index (χ4n) is 5.60. The molecule has 0 spiro atoms. The van der Waals surface area contributed by atoms with Gasteiger partial charge in [-0.1, -0.05) is 151 Å². The second kappa shape index (κ2) is 20.3. The van der Waals surface area contributed by atoms with Crippen LogP contribution in [0.5, 0.6) is 0 Å². The van der Waals surface area contributed by atoms with E-state index in [4.69, 9.17) is 0 Å². The van der Waals surface area contributed by atoms with E-state index < -0.39 is 11.2 Å². The number of allylic oxidation sites excluding steroid dienone is 22. The summed E-state index contributed by atoms with van der Waals surface area (Å²) in [5.74, 6) is -0.0315. The lowest BCUT2D eigenvalue weighted by atomic mass is 9.71. The lowest BCUT2D eigenvalue weighted by molar-refractivity contribution is 0.0140. The maximum atomic E-state index is 10.5. The minimum Gasteiger partial charge on any atom is -0.393 e. The molecule has 2 atom stereocenters. The number of rotatable bonds is 16. The molecule has 3 nitrogen and oxygen atoms in total. The van der Waals surface area contributed by atoms with Gasteiger partial charge < -0.3 is 15.3 Å². The molecule has 0 aliphatic heterocycles. The Labute approximate surface area is 294 Å². The van der Waals surface area contributed by atoms with Crippen molar-refractivity contribution < 1.29 is 15.3 Å². The summed E-state index contributed by atoms with van der Waals surface area (Å²) in [6.45, 7) is 24.3. The number of hydrogen-bond donors (Lipinski definition) is 3. The summed E-state index contributed by atoms with van der Waals surface area (Å²) in [5.41, 5.74) is 6.83. The zero-order chi connectivity index (χ0) is 36.5. The van der Waals surface area contributed by atoms with Gasteiger partial charge in [-0.2, -0.15) is 0 Å². The Morgan fingerprint density at radius 2 is 1.12 bits per heavy atom. The Morgan fingerprint density at radius 1 is 0.708 bits per heavy atom. The summed E-state index contributed by atoms with van der Waals surface area (Å²) >= 11 is 0. The van der Waals surface area contributed by atoms with Gasteiger partial charge in [0.05, 0.1) is 17.3 Å². The molecule has 0 saturated heterocycles. The van der Waals surface area contributed by atoms with Gasteiger partial charge in [0.15, 0.2) is 0 Å². The smallest absolute Gasteiger partial charge is 0.0654 e. The standard InChI is InChI=1S/C45H66O3/c1-34(20-15-22-36(3)23-17-24-37(4)26-28-40(45(11,12)48)30-31-44(9,10)47)18-13-14-19-35(2)21-16-25-38(5)27-29-42-39(6)32-41(46)33-43(42,7)8/h13-29,40-41,46-48H,30-33H2,1-12H3. The Bertz CT molecular complexity index is 1410. The van der Waals surface area contributed by atoms with E-state index in [9.17, 15) is 15.3 Å². The molecule has 1 rings (SSSR count). The van der Waals surface area contributed by atoms with Crippen molar-refractivity contribution >= 4 is 0 Å². The lowest BCUT2D eigenvalue weighted by Gasteiger charge is -2.35. The zero-order valence-corrected chi connectivity index (χ0v) is 32.1. The minimum atomic E-state index is -0.841. The molecule has 0 aromatic carbocycles. The monoisotopic (exact) mass is 655 g/mol. The molecule has 1 aliphatic carbocycles. The van der Waals surface area contributed by atoms with Crippen LogP contribution in [-0.4, -0.2) is 32.6 Å². The molecule has 0 fully saturated rings. The zero-order valence-electron chi connectivity index (χ0n) is 32.1. The maximum absolute atomic E-state index is 10.5. The predicted octanol–water partition coefficient (Wildman–Crippen LogP) is 11.5.